The van der Waals surface area contributed by atoms with E-state index in [1.165, 1.54) is 12.4 Å². The number of hydrogen-bond donors (Lipinski definition) is 2. The number of alkyl halides is 3. The second-order valence-electron chi connectivity index (χ2n) is 7.34. The number of benzene rings is 1. The maximum atomic E-state index is 13.4. The quantitative estimate of drug-likeness (QED) is 0.618. The van der Waals surface area contributed by atoms with E-state index in [0.29, 0.717) is 17.6 Å². The lowest BCUT2D eigenvalue weighted by Gasteiger charge is -2.31. The first-order valence-electron chi connectivity index (χ1n) is 10.0. The van der Waals surface area contributed by atoms with Crippen LogP contribution < -0.4 is 15.5 Å². The second-order valence-corrected chi connectivity index (χ2v) is 7.34. The first-order valence-corrected chi connectivity index (χ1v) is 10.0. The molecule has 0 unspecified atom stereocenters. The van der Waals surface area contributed by atoms with Crippen molar-refractivity contribution in [2.24, 2.45) is 0 Å². The lowest BCUT2D eigenvalue weighted by molar-refractivity contribution is -0.153. The molecule has 1 saturated heterocycles. The van der Waals surface area contributed by atoms with Crippen LogP contribution in [0.15, 0.2) is 47.1 Å². The van der Waals surface area contributed by atoms with E-state index >= 15 is 0 Å². The van der Waals surface area contributed by atoms with Gasteiger partial charge in [0.1, 0.15) is 0 Å². The molecule has 0 atom stereocenters. The summed E-state index contributed by atoms with van der Waals surface area (Å²) in [4.78, 5) is 26.9. The van der Waals surface area contributed by atoms with Crippen LogP contribution in [-0.2, 0) is 6.18 Å². The van der Waals surface area contributed by atoms with Crippen molar-refractivity contribution in [3.8, 4) is 11.5 Å². The van der Waals surface area contributed by atoms with Crippen molar-refractivity contribution in [1.29, 1.82) is 0 Å². The fourth-order valence-corrected chi connectivity index (χ4v) is 3.48. The largest absolute Gasteiger partial charge is 0.452 e. The Kier molecular flexibility index (Phi) is 6.08. The molecule has 1 amide bonds. The number of aromatic nitrogens is 3. The Balaban J connectivity index is 1.51. The molecule has 0 radical (unpaired) electrons. The summed E-state index contributed by atoms with van der Waals surface area (Å²) >= 11 is 0. The molecular weight excluding hydrogens is 425 g/mol. The number of oxazole rings is 1. The first-order chi connectivity index (χ1) is 15.3. The summed E-state index contributed by atoms with van der Waals surface area (Å²) in [7, 11) is 1.93. The Labute approximate surface area is 181 Å². The molecule has 2 aromatic heterocycles. The SMILES string of the molecule is CNC1CCN(c2ncc(NC(=O)c3nc(-c4ccccc4)oc3C(F)(F)F)cn2)CC1. The number of nitrogens with zero attached hydrogens (tertiary/aromatic N) is 4. The molecule has 1 aliphatic heterocycles. The normalized spacial score (nSPS) is 15.1. The van der Waals surface area contributed by atoms with E-state index in [1.54, 1.807) is 30.3 Å². The lowest BCUT2D eigenvalue weighted by Crippen LogP contribution is -2.41. The Morgan fingerprint density at radius 1 is 1.12 bits per heavy atom. The molecule has 8 nitrogen and oxygen atoms in total. The lowest BCUT2D eigenvalue weighted by atomic mass is 10.1. The van der Waals surface area contributed by atoms with Crippen LogP contribution in [0.1, 0.15) is 29.1 Å². The van der Waals surface area contributed by atoms with Crippen molar-refractivity contribution in [3.05, 3.63) is 54.2 Å². The molecule has 11 heteroatoms. The number of rotatable bonds is 5. The summed E-state index contributed by atoms with van der Waals surface area (Å²) in [6.45, 7) is 1.57. The van der Waals surface area contributed by atoms with Crippen molar-refractivity contribution >= 4 is 17.5 Å². The molecule has 32 heavy (non-hydrogen) atoms. The van der Waals surface area contributed by atoms with E-state index in [2.05, 4.69) is 25.6 Å². The highest BCUT2D eigenvalue weighted by atomic mass is 19.4. The molecule has 0 spiro atoms. The predicted octanol–water partition coefficient (Wildman–Crippen LogP) is 3.59. The summed E-state index contributed by atoms with van der Waals surface area (Å²) < 4.78 is 45.2. The monoisotopic (exact) mass is 446 g/mol. The number of hydrogen-bond acceptors (Lipinski definition) is 7. The minimum atomic E-state index is -4.88. The van der Waals surface area contributed by atoms with Gasteiger partial charge in [-0.3, -0.25) is 4.79 Å². The zero-order chi connectivity index (χ0) is 22.7. The number of anilines is 2. The van der Waals surface area contributed by atoms with Gasteiger partial charge in [-0.1, -0.05) is 18.2 Å². The minimum Gasteiger partial charge on any atom is -0.431 e. The molecule has 0 saturated carbocycles. The number of carbonyl (C=O) groups is 1. The van der Waals surface area contributed by atoms with Gasteiger partial charge in [-0.05, 0) is 32.0 Å². The maximum absolute atomic E-state index is 13.4. The third kappa shape index (κ3) is 4.72. The van der Waals surface area contributed by atoms with Crippen LogP contribution in [0.25, 0.3) is 11.5 Å². The van der Waals surface area contributed by atoms with E-state index in [1.807, 2.05) is 11.9 Å². The highest BCUT2D eigenvalue weighted by Crippen LogP contribution is 2.35. The highest BCUT2D eigenvalue weighted by Gasteiger charge is 2.42. The van der Waals surface area contributed by atoms with E-state index in [0.717, 1.165) is 25.9 Å². The van der Waals surface area contributed by atoms with Gasteiger partial charge in [0.15, 0.2) is 5.69 Å². The van der Waals surface area contributed by atoms with Crippen molar-refractivity contribution < 1.29 is 22.4 Å². The summed E-state index contributed by atoms with van der Waals surface area (Å²) in [5, 5.41) is 5.61. The fourth-order valence-electron chi connectivity index (χ4n) is 3.48. The van der Waals surface area contributed by atoms with Gasteiger partial charge in [-0.2, -0.15) is 13.2 Å². The van der Waals surface area contributed by atoms with E-state index in [9.17, 15) is 18.0 Å². The van der Waals surface area contributed by atoms with Crippen molar-refractivity contribution in [3.63, 3.8) is 0 Å². The number of piperidine rings is 1. The van der Waals surface area contributed by atoms with Gasteiger partial charge in [0.05, 0.1) is 18.1 Å². The topological polar surface area (TPSA) is 96.2 Å². The van der Waals surface area contributed by atoms with Crippen molar-refractivity contribution in [2.75, 3.05) is 30.4 Å². The maximum Gasteiger partial charge on any atom is 0.452 e. The molecule has 0 aliphatic carbocycles. The molecule has 1 fully saturated rings. The van der Waals surface area contributed by atoms with E-state index in [4.69, 9.17) is 4.42 Å². The number of halogens is 3. The van der Waals surface area contributed by atoms with Gasteiger partial charge in [0, 0.05) is 24.7 Å². The number of amides is 1. The average molecular weight is 446 g/mol. The number of carbonyl (C=O) groups excluding carboxylic acids is 1. The molecule has 168 valence electrons. The summed E-state index contributed by atoms with van der Waals surface area (Å²) in [5.41, 5.74) is -0.373. The molecule has 2 N–H and O–H groups in total. The molecular formula is C21H21F3N6O2. The summed E-state index contributed by atoms with van der Waals surface area (Å²) in [5.74, 6) is -2.31. The van der Waals surface area contributed by atoms with Gasteiger partial charge >= 0.3 is 6.18 Å². The molecule has 3 heterocycles. The Morgan fingerprint density at radius 3 is 2.38 bits per heavy atom. The molecule has 4 rings (SSSR count). The van der Waals surface area contributed by atoms with Gasteiger partial charge < -0.3 is 20.0 Å². The Hall–Kier alpha value is -3.47. The van der Waals surface area contributed by atoms with Gasteiger partial charge in [0.25, 0.3) is 5.91 Å². The number of nitrogens with one attached hydrogen (secondary N) is 2. The van der Waals surface area contributed by atoms with Crippen LogP contribution in [0.2, 0.25) is 0 Å². The zero-order valence-electron chi connectivity index (χ0n) is 17.2. The van der Waals surface area contributed by atoms with Gasteiger partial charge in [-0.15, -0.1) is 0 Å². The van der Waals surface area contributed by atoms with Crippen LogP contribution >= 0.6 is 0 Å². The van der Waals surface area contributed by atoms with Crippen molar-refractivity contribution in [1.82, 2.24) is 20.3 Å². The first kappa shape index (κ1) is 21.8. The Bertz CT molecular complexity index is 1060. The Morgan fingerprint density at radius 2 is 1.78 bits per heavy atom. The van der Waals surface area contributed by atoms with E-state index in [-0.39, 0.29) is 11.6 Å². The van der Waals surface area contributed by atoms with Crippen LogP contribution in [0, 0.1) is 0 Å². The minimum absolute atomic E-state index is 0.154. The predicted molar refractivity (Wildman–Crippen MR) is 111 cm³/mol. The average Bonchev–Trinajstić information content (AvgIpc) is 3.27. The third-order valence-corrected chi connectivity index (χ3v) is 5.20. The van der Waals surface area contributed by atoms with Gasteiger partial charge in [-0.25, -0.2) is 15.0 Å². The molecule has 0 bridgehead atoms. The third-order valence-electron chi connectivity index (χ3n) is 5.20. The fraction of sp³-hybridized carbons (Fsp3) is 0.333. The standard InChI is InChI=1S/C21H21F3N6O2/c1-25-14-7-9-30(10-8-14)20-26-11-15(12-27-20)28-18(31)16-17(21(22,23)24)32-19(29-16)13-5-3-2-4-6-13/h2-6,11-12,14,25H,7-10H2,1H3,(H,28,31). The highest BCUT2D eigenvalue weighted by molar-refractivity contribution is 6.03. The van der Waals surface area contributed by atoms with Crippen LogP contribution in [-0.4, -0.2) is 47.0 Å². The smallest absolute Gasteiger partial charge is 0.431 e. The second kappa shape index (κ2) is 8.95. The molecule has 1 aromatic carbocycles. The van der Waals surface area contributed by atoms with Crippen LogP contribution in [0.4, 0.5) is 24.8 Å². The van der Waals surface area contributed by atoms with Crippen LogP contribution in [0.5, 0.6) is 0 Å². The zero-order valence-corrected chi connectivity index (χ0v) is 17.2. The summed E-state index contributed by atoms with van der Waals surface area (Å²) in [6.07, 6.45) is -0.263. The summed E-state index contributed by atoms with van der Waals surface area (Å²) in [6, 6.07) is 8.51. The molecule has 3 aromatic rings. The van der Waals surface area contributed by atoms with Crippen LogP contribution in [0.3, 0.4) is 0 Å². The van der Waals surface area contributed by atoms with Gasteiger partial charge in [0.2, 0.25) is 17.6 Å². The van der Waals surface area contributed by atoms with E-state index < -0.39 is 23.5 Å². The van der Waals surface area contributed by atoms with Crippen molar-refractivity contribution in [2.45, 2.75) is 25.1 Å². The molecule has 1 aliphatic rings.